The molecule has 0 atom stereocenters. The molecule has 0 amide bonds. The van der Waals surface area contributed by atoms with Crippen molar-refractivity contribution in [3.63, 3.8) is 0 Å². The van der Waals surface area contributed by atoms with E-state index >= 15 is 0 Å². The van der Waals surface area contributed by atoms with Crippen molar-refractivity contribution in [3.8, 4) is 0 Å². The van der Waals surface area contributed by atoms with Crippen LogP contribution >= 0.6 is 11.3 Å². The quantitative estimate of drug-likeness (QED) is 0.688. The van der Waals surface area contributed by atoms with Crippen molar-refractivity contribution >= 4 is 17.1 Å². The van der Waals surface area contributed by atoms with Crippen LogP contribution in [0.5, 0.6) is 0 Å². The number of hydrogen-bond donors (Lipinski definition) is 0. The maximum absolute atomic E-state index is 13.0. The minimum Gasteiger partial charge on any atom is -0.298 e. The Labute approximate surface area is 132 Å². The van der Waals surface area contributed by atoms with E-state index in [9.17, 15) is 4.79 Å². The van der Waals surface area contributed by atoms with Crippen LogP contribution in [0.15, 0.2) is 42.5 Å². The van der Waals surface area contributed by atoms with E-state index < -0.39 is 0 Å². The Balaban J connectivity index is 2.27. The van der Waals surface area contributed by atoms with Crippen LogP contribution in [0, 0.1) is 0 Å². The molecule has 0 aliphatic rings. The molecule has 2 aromatic rings. The summed E-state index contributed by atoms with van der Waals surface area (Å²) in [5.74, 6) is 0.350. The molecule has 2 heteroatoms. The van der Waals surface area contributed by atoms with Gasteiger partial charge in [0, 0.05) is 16.2 Å². The van der Waals surface area contributed by atoms with Crippen LogP contribution in [0.4, 0.5) is 0 Å². The van der Waals surface area contributed by atoms with E-state index in [-0.39, 0.29) is 5.41 Å². The number of rotatable bonds is 7. The zero-order valence-electron chi connectivity index (χ0n) is 13.2. The van der Waals surface area contributed by atoms with Crippen LogP contribution in [-0.4, -0.2) is 5.78 Å². The predicted molar refractivity (Wildman–Crippen MR) is 91.1 cm³/mol. The summed E-state index contributed by atoms with van der Waals surface area (Å²) in [6.45, 7) is 6.41. The molecular weight excluding hydrogens is 276 g/mol. The van der Waals surface area contributed by atoms with Crippen LogP contribution in [0.1, 0.15) is 48.9 Å². The molecule has 0 aliphatic heterocycles. The number of carbonyl (C=O) groups is 1. The molecule has 112 valence electrons. The monoisotopic (exact) mass is 300 g/mol. The van der Waals surface area contributed by atoms with Gasteiger partial charge in [0.2, 0.25) is 0 Å². The zero-order chi connectivity index (χ0) is 15.3. The second-order valence-corrected chi connectivity index (χ2v) is 6.73. The van der Waals surface area contributed by atoms with Gasteiger partial charge >= 0.3 is 0 Å². The maximum Gasteiger partial charge on any atom is 0.148 e. The van der Waals surface area contributed by atoms with Gasteiger partial charge in [0.1, 0.15) is 5.78 Å². The first kappa shape index (κ1) is 16.0. The van der Waals surface area contributed by atoms with Crippen LogP contribution < -0.4 is 0 Å². The van der Waals surface area contributed by atoms with Crippen molar-refractivity contribution in [2.45, 2.75) is 51.9 Å². The van der Waals surface area contributed by atoms with Crippen molar-refractivity contribution < 1.29 is 4.79 Å². The molecule has 1 aromatic heterocycles. The van der Waals surface area contributed by atoms with E-state index in [2.05, 4.69) is 45.0 Å². The standard InChI is InChI=1S/C19H24OS/c1-4-16-12-13-17(21-16)14-18(20)19(5-2,6-3)15-10-8-7-9-11-15/h7-13H,4-6,14H2,1-3H3. The molecule has 2 rings (SSSR count). The topological polar surface area (TPSA) is 17.1 Å². The van der Waals surface area contributed by atoms with Gasteiger partial charge in [0.05, 0.1) is 5.41 Å². The third-order valence-electron chi connectivity index (χ3n) is 4.47. The van der Waals surface area contributed by atoms with E-state index in [4.69, 9.17) is 0 Å². The maximum atomic E-state index is 13.0. The number of thiophene rings is 1. The van der Waals surface area contributed by atoms with Crippen molar-refractivity contribution in [3.05, 3.63) is 57.8 Å². The van der Waals surface area contributed by atoms with Crippen LogP contribution in [0.25, 0.3) is 0 Å². The average molecular weight is 300 g/mol. The third-order valence-corrected chi connectivity index (χ3v) is 5.70. The molecule has 0 N–H and O–H groups in total. The molecule has 0 spiro atoms. The Kier molecular flexibility index (Phi) is 5.35. The van der Waals surface area contributed by atoms with Crippen molar-refractivity contribution in [1.29, 1.82) is 0 Å². The Hall–Kier alpha value is -1.41. The summed E-state index contributed by atoms with van der Waals surface area (Å²) in [6.07, 6.45) is 3.32. The number of hydrogen-bond acceptors (Lipinski definition) is 2. The number of aryl methyl sites for hydroxylation is 1. The molecule has 0 radical (unpaired) electrons. The molecular formula is C19H24OS. The number of benzene rings is 1. The summed E-state index contributed by atoms with van der Waals surface area (Å²) < 4.78 is 0. The van der Waals surface area contributed by atoms with Gasteiger partial charge in [-0.2, -0.15) is 0 Å². The van der Waals surface area contributed by atoms with Gasteiger partial charge in [-0.25, -0.2) is 0 Å². The molecule has 0 saturated heterocycles. The highest BCUT2D eigenvalue weighted by Gasteiger charge is 2.36. The predicted octanol–water partition coefficient (Wildman–Crippen LogP) is 5.18. The van der Waals surface area contributed by atoms with Crippen molar-refractivity contribution in [2.75, 3.05) is 0 Å². The van der Waals surface area contributed by atoms with Gasteiger partial charge in [-0.15, -0.1) is 11.3 Å². The van der Waals surface area contributed by atoms with E-state index in [0.29, 0.717) is 12.2 Å². The molecule has 1 nitrogen and oxygen atoms in total. The highest BCUT2D eigenvalue weighted by Crippen LogP contribution is 2.34. The highest BCUT2D eigenvalue weighted by atomic mass is 32.1. The van der Waals surface area contributed by atoms with E-state index in [1.165, 1.54) is 9.75 Å². The first-order chi connectivity index (χ1) is 10.2. The van der Waals surface area contributed by atoms with Gasteiger partial charge in [0.25, 0.3) is 0 Å². The Morgan fingerprint density at radius 1 is 0.952 bits per heavy atom. The first-order valence-electron chi connectivity index (χ1n) is 7.82. The van der Waals surface area contributed by atoms with E-state index in [1.54, 1.807) is 11.3 Å². The minimum atomic E-state index is -0.336. The van der Waals surface area contributed by atoms with Gasteiger partial charge in [0.15, 0.2) is 0 Å². The molecule has 1 aromatic carbocycles. The fraction of sp³-hybridized carbons (Fsp3) is 0.421. The van der Waals surface area contributed by atoms with Gasteiger partial charge < -0.3 is 0 Å². The summed E-state index contributed by atoms with van der Waals surface area (Å²) in [6, 6.07) is 14.5. The summed E-state index contributed by atoms with van der Waals surface area (Å²) in [5, 5.41) is 0. The van der Waals surface area contributed by atoms with Crippen molar-refractivity contribution in [1.82, 2.24) is 0 Å². The molecule has 0 saturated carbocycles. The lowest BCUT2D eigenvalue weighted by molar-refractivity contribution is -0.124. The number of carbonyl (C=O) groups excluding carboxylic acids is 1. The Morgan fingerprint density at radius 3 is 2.10 bits per heavy atom. The first-order valence-corrected chi connectivity index (χ1v) is 8.64. The molecule has 0 aliphatic carbocycles. The summed E-state index contributed by atoms with van der Waals surface area (Å²) in [5.41, 5.74) is 0.824. The lowest BCUT2D eigenvalue weighted by atomic mass is 9.71. The fourth-order valence-corrected chi connectivity index (χ4v) is 3.96. The molecule has 21 heavy (non-hydrogen) atoms. The summed E-state index contributed by atoms with van der Waals surface area (Å²) >= 11 is 1.77. The Bertz CT molecular complexity index is 579. The van der Waals surface area contributed by atoms with Gasteiger partial charge in [-0.05, 0) is 37.0 Å². The number of ketones is 1. The molecule has 1 heterocycles. The SMILES string of the molecule is CCc1ccc(CC(=O)C(CC)(CC)c2ccccc2)s1. The normalized spacial score (nSPS) is 11.6. The summed E-state index contributed by atoms with van der Waals surface area (Å²) in [4.78, 5) is 15.6. The summed E-state index contributed by atoms with van der Waals surface area (Å²) in [7, 11) is 0. The molecule has 0 bridgehead atoms. The fourth-order valence-electron chi connectivity index (χ4n) is 3.01. The van der Waals surface area contributed by atoms with Crippen LogP contribution in [0.3, 0.4) is 0 Å². The van der Waals surface area contributed by atoms with Crippen LogP contribution in [0.2, 0.25) is 0 Å². The lowest BCUT2D eigenvalue weighted by Gasteiger charge is -2.30. The zero-order valence-corrected chi connectivity index (χ0v) is 14.0. The number of Topliss-reactive ketones (excluding diaryl/α,β-unsaturated/α-hetero) is 1. The minimum absolute atomic E-state index is 0.336. The van der Waals surface area contributed by atoms with Crippen molar-refractivity contribution in [2.24, 2.45) is 0 Å². The molecule has 0 fully saturated rings. The second-order valence-electron chi connectivity index (χ2n) is 5.48. The third kappa shape index (κ3) is 3.26. The smallest absolute Gasteiger partial charge is 0.148 e. The average Bonchev–Trinajstić information content (AvgIpc) is 2.98. The Morgan fingerprint density at radius 2 is 1.57 bits per heavy atom. The van der Waals surface area contributed by atoms with E-state index in [1.807, 2.05) is 18.2 Å². The lowest BCUT2D eigenvalue weighted by Crippen LogP contribution is -2.35. The second kappa shape index (κ2) is 7.04. The van der Waals surface area contributed by atoms with E-state index in [0.717, 1.165) is 24.8 Å². The van der Waals surface area contributed by atoms with Gasteiger partial charge in [-0.3, -0.25) is 4.79 Å². The largest absolute Gasteiger partial charge is 0.298 e. The highest BCUT2D eigenvalue weighted by molar-refractivity contribution is 7.12. The molecule has 0 unspecified atom stereocenters. The van der Waals surface area contributed by atoms with Crippen LogP contribution in [-0.2, 0) is 23.1 Å². The van der Waals surface area contributed by atoms with Gasteiger partial charge in [-0.1, -0.05) is 51.1 Å².